The number of halogens is 3. The van der Waals surface area contributed by atoms with E-state index < -0.39 is 29.5 Å². The zero-order valence-electron chi connectivity index (χ0n) is 11.8. The molecule has 0 aromatic carbocycles. The van der Waals surface area contributed by atoms with Crippen molar-refractivity contribution in [3.63, 3.8) is 0 Å². The summed E-state index contributed by atoms with van der Waals surface area (Å²) in [5.41, 5.74) is -3.37. The summed E-state index contributed by atoms with van der Waals surface area (Å²) in [5, 5.41) is 7.25. The lowest BCUT2D eigenvalue weighted by atomic mass is 9.84. The minimum Gasteiger partial charge on any atom is -0.359 e. The minimum absolute atomic E-state index is 0.145. The van der Waals surface area contributed by atoms with Crippen molar-refractivity contribution in [3.8, 4) is 0 Å². The molecule has 1 aliphatic rings. The van der Waals surface area contributed by atoms with Gasteiger partial charge in [0.1, 0.15) is 0 Å². The Bertz CT molecular complexity index is 388. The van der Waals surface area contributed by atoms with E-state index in [0.29, 0.717) is 0 Å². The molecule has 1 fully saturated rings. The van der Waals surface area contributed by atoms with Gasteiger partial charge in [0, 0.05) is 20.1 Å². The first-order chi connectivity index (χ1) is 9.07. The molecule has 116 valence electrons. The molecule has 1 saturated heterocycles. The highest BCUT2D eigenvalue weighted by Gasteiger charge is 2.61. The van der Waals surface area contributed by atoms with Crippen LogP contribution in [0.5, 0.6) is 0 Å². The second-order valence-corrected chi connectivity index (χ2v) is 5.65. The third kappa shape index (κ3) is 3.05. The molecule has 0 bridgehead atoms. The lowest BCUT2D eigenvalue weighted by Gasteiger charge is -2.31. The standard InChI is InChI=1S/C12H20F3N3O2/c1-10(2,8(19)16-3)6-18-9(20)11(12(13,14)15)4-5-17-7-11/h17H,4-7H2,1-3H3,(H,16,19)(H,18,20). The molecule has 8 heteroatoms. The molecule has 5 nitrogen and oxygen atoms in total. The second kappa shape index (κ2) is 5.59. The Labute approximate surface area is 115 Å². The summed E-state index contributed by atoms with van der Waals surface area (Å²) in [6, 6.07) is 0. The van der Waals surface area contributed by atoms with E-state index in [0.717, 1.165) is 0 Å². The van der Waals surface area contributed by atoms with Crippen molar-refractivity contribution in [1.82, 2.24) is 16.0 Å². The van der Waals surface area contributed by atoms with Crippen molar-refractivity contribution in [1.29, 1.82) is 0 Å². The molecule has 0 aromatic heterocycles. The first-order valence-electron chi connectivity index (χ1n) is 6.35. The van der Waals surface area contributed by atoms with E-state index >= 15 is 0 Å². The van der Waals surface area contributed by atoms with E-state index in [1.165, 1.54) is 7.05 Å². The predicted octanol–water partition coefficient (Wildman–Crippen LogP) is 0.417. The van der Waals surface area contributed by atoms with Gasteiger partial charge in [-0.1, -0.05) is 0 Å². The maximum absolute atomic E-state index is 13.1. The summed E-state index contributed by atoms with van der Waals surface area (Å²) in [7, 11) is 1.43. The summed E-state index contributed by atoms with van der Waals surface area (Å²) in [6.45, 7) is 2.68. The van der Waals surface area contributed by atoms with Crippen molar-refractivity contribution < 1.29 is 22.8 Å². The average molecular weight is 295 g/mol. The smallest absolute Gasteiger partial charge is 0.359 e. The molecule has 1 rings (SSSR count). The monoisotopic (exact) mass is 295 g/mol. The van der Waals surface area contributed by atoms with Crippen LogP contribution in [0.2, 0.25) is 0 Å². The fourth-order valence-corrected chi connectivity index (χ4v) is 2.15. The molecule has 1 unspecified atom stereocenters. The van der Waals surface area contributed by atoms with Gasteiger partial charge in [-0.25, -0.2) is 0 Å². The van der Waals surface area contributed by atoms with Crippen LogP contribution in [-0.4, -0.2) is 44.7 Å². The number of rotatable bonds is 4. The van der Waals surface area contributed by atoms with Gasteiger partial charge in [-0.15, -0.1) is 0 Å². The van der Waals surface area contributed by atoms with Gasteiger partial charge in [0.25, 0.3) is 0 Å². The number of nitrogens with one attached hydrogen (secondary N) is 3. The van der Waals surface area contributed by atoms with E-state index in [1.807, 2.05) is 0 Å². The molecule has 0 saturated carbocycles. The van der Waals surface area contributed by atoms with Crippen LogP contribution >= 0.6 is 0 Å². The van der Waals surface area contributed by atoms with Crippen molar-refractivity contribution in [2.75, 3.05) is 26.7 Å². The highest BCUT2D eigenvalue weighted by molar-refractivity contribution is 5.86. The average Bonchev–Trinajstić information content (AvgIpc) is 2.85. The zero-order valence-corrected chi connectivity index (χ0v) is 11.8. The van der Waals surface area contributed by atoms with Gasteiger partial charge in [0.15, 0.2) is 5.41 Å². The van der Waals surface area contributed by atoms with Gasteiger partial charge in [-0.3, -0.25) is 9.59 Å². The Morgan fingerprint density at radius 1 is 1.30 bits per heavy atom. The third-order valence-corrected chi connectivity index (χ3v) is 3.67. The quantitative estimate of drug-likeness (QED) is 0.704. The molecule has 0 aliphatic carbocycles. The maximum Gasteiger partial charge on any atom is 0.404 e. The fourth-order valence-electron chi connectivity index (χ4n) is 2.15. The molecule has 20 heavy (non-hydrogen) atoms. The Morgan fingerprint density at radius 2 is 1.90 bits per heavy atom. The molecule has 3 N–H and O–H groups in total. The van der Waals surface area contributed by atoms with Crippen LogP contribution < -0.4 is 16.0 Å². The number of amides is 2. The molecule has 0 radical (unpaired) electrons. The highest BCUT2D eigenvalue weighted by Crippen LogP contribution is 2.43. The van der Waals surface area contributed by atoms with Gasteiger partial charge in [-0.05, 0) is 26.8 Å². The summed E-state index contributed by atoms with van der Waals surface area (Å²) in [4.78, 5) is 23.5. The number of alkyl halides is 3. The van der Waals surface area contributed by atoms with Gasteiger partial charge in [0.05, 0.1) is 5.41 Å². The Balaban J connectivity index is 2.77. The third-order valence-electron chi connectivity index (χ3n) is 3.67. The van der Waals surface area contributed by atoms with E-state index in [1.54, 1.807) is 13.8 Å². The Kier molecular flexibility index (Phi) is 4.68. The Morgan fingerprint density at radius 3 is 2.30 bits per heavy atom. The molecule has 2 amide bonds. The summed E-state index contributed by atoms with van der Waals surface area (Å²) < 4.78 is 39.4. The molecular formula is C12H20F3N3O2. The zero-order chi connectivity index (χ0) is 15.6. The summed E-state index contributed by atoms with van der Waals surface area (Å²) in [6.07, 6.45) is -4.90. The van der Waals surface area contributed by atoms with Gasteiger partial charge in [0.2, 0.25) is 11.8 Å². The highest BCUT2D eigenvalue weighted by atomic mass is 19.4. The van der Waals surface area contributed by atoms with Crippen LogP contribution in [0.4, 0.5) is 13.2 Å². The second-order valence-electron chi connectivity index (χ2n) is 5.65. The van der Waals surface area contributed by atoms with Crippen LogP contribution in [0.3, 0.4) is 0 Å². The first-order valence-corrected chi connectivity index (χ1v) is 6.35. The van der Waals surface area contributed by atoms with Crippen molar-refractivity contribution in [2.24, 2.45) is 10.8 Å². The Hall–Kier alpha value is -1.31. The van der Waals surface area contributed by atoms with E-state index in [-0.39, 0.29) is 25.4 Å². The van der Waals surface area contributed by atoms with Crippen LogP contribution in [0, 0.1) is 10.8 Å². The van der Waals surface area contributed by atoms with E-state index in [2.05, 4.69) is 16.0 Å². The molecular weight excluding hydrogens is 275 g/mol. The number of hydrogen-bond acceptors (Lipinski definition) is 3. The fraction of sp³-hybridized carbons (Fsp3) is 0.833. The van der Waals surface area contributed by atoms with Gasteiger partial charge >= 0.3 is 6.18 Å². The number of hydrogen-bond donors (Lipinski definition) is 3. The number of carbonyl (C=O) groups is 2. The molecule has 0 spiro atoms. The van der Waals surface area contributed by atoms with Crippen LogP contribution in [0.25, 0.3) is 0 Å². The maximum atomic E-state index is 13.1. The van der Waals surface area contributed by atoms with Crippen molar-refractivity contribution in [3.05, 3.63) is 0 Å². The van der Waals surface area contributed by atoms with Gasteiger partial charge in [-0.2, -0.15) is 13.2 Å². The van der Waals surface area contributed by atoms with Crippen LogP contribution in [0.1, 0.15) is 20.3 Å². The lowest BCUT2D eigenvalue weighted by Crippen LogP contribution is -2.54. The van der Waals surface area contributed by atoms with Crippen LogP contribution in [-0.2, 0) is 9.59 Å². The normalized spacial score (nSPS) is 23.5. The topological polar surface area (TPSA) is 70.2 Å². The summed E-state index contributed by atoms with van der Waals surface area (Å²) >= 11 is 0. The van der Waals surface area contributed by atoms with Crippen molar-refractivity contribution >= 4 is 11.8 Å². The predicted molar refractivity (Wildman–Crippen MR) is 66.8 cm³/mol. The van der Waals surface area contributed by atoms with Crippen molar-refractivity contribution in [2.45, 2.75) is 26.4 Å². The molecule has 1 aliphatic heterocycles. The molecule has 0 aromatic rings. The largest absolute Gasteiger partial charge is 0.404 e. The van der Waals surface area contributed by atoms with Crippen LogP contribution in [0.15, 0.2) is 0 Å². The van der Waals surface area contributed by atoms with E-state index in [4.69, 9.17) is 0 Å². The first kappa shape index (κ1) is 16.7. The number of carbonyl (C=O) groups excluding carboxylic acids is 2. The lowest BCUT2D eigenvalue weighted by molar-refractivity contribution is -0.216. The molecule has 1 heterocycles. The SMILES string of the molecule is CNC(=O)C(C)(C)CNC(=O)C1(C(F)(F)F)CCNC1. The summed E-state index contributed by atoms with van der Waals surface area (Å²) in [5.74, 6) is -1.42. The minimum atomic E-state index is -4.61. The van der Waals surface area contributed by atoms with E-state index in [9.17, 15) is 22.8 Å². The molecule has 1 atom stereocenters. The van der Waals surface area contributed by atoms with Gasteiger partial charge < -0.3 is 16.0 Å².